The Bertz CT molecular complexity index is 989. The van der Waals surface area contributed by atoms with Crippen LogP contribution in [0, 0.1) is 6.92 Å². The molecule has 0 aliphatic heterocycles. The summed E-state index contributed by atoms with van der Waals surface area (Å²) in [6.07, 6.45) is 0. The molecule has 0 saturated carbocycles. The summed E-state index contributed by atoms with van der Waals surface area (Å²) in [4.78, 5) is 29.7. The Morgan fingerprint density at radius 3 is 2.48 bits per heavy atom. The van der Waals surface area contributed by atoms with Crippen molar-refractivity contribution in [1.82, 2.24) is 15.8 Å². The van der Waals surface area contributed by atoms with Gasteiger partial charge in [-0.15, -0.1) is 11.3 Å². The number of aryl methyl sites for hydroxylation is 1. The summed E-state index contributed by atoms with van der Waals surface area (Å²) in [5.74, 6) is -0.624. The first-order valence-electron chi connectivity index (χ1n) is 7.96. The SMILES string of the molecule is COc1ccc(Cl)cc1C(=O)NNC(=O)c1sc(-c2ccccc2)nc1C. The molecule has 0 unspecified atom stereocenters. The van der Waals surface area contributed by atoms with Crippen molar-refractivity contribution in [3.05, 3.63) is 69.7 Å². The van der Waals surface area contributed by atoms with E-state index in [-0.39, 0.29) is 5.56 Å². The largest absolute Gasteiger partial charge is 0.496 e. The van der Waals surface area contributed by atoms with Gasteiger partial charge in [-0.2, -0.15) is 0 Å². The number of benzene rings is 2. The van der Waals surface area contributed by atoms with Crippen LogP contribution in [0.25, 0.3) is 10.6 Å². The molecule has 0 fully saturated rings. The van der Waals surface area contributed by atoms with Crippen molar-refractivity contribution in [2.75, 3.05) is 7.11 Å². The molecule has 0 spiro atoms. The van der Waals surface area contributed by atoms with Crippen LogP contribution in [-0.2, 0) is 0 Å². The van der Waals surface area contributed by atoms with Gasteiger partial charge in [0.2, 0.25) is 0 Å². The molecule has 138 valence electrons. The average molecular weight is 402 g/mol. The zero-order valence-corrected chi connectivity index (χ0v) is 16.1. The van der Waals surface area contributed by atoms with Crippen LogP contribution in [0.5, 0.6) is 5.75 Å². The number of hydrogen-bond donors (Lipinski definition) is 2. The van der Waals surface area contributed by atoms with E-state index in [9.17, 15) is 9.59 Å². The average Bonchev–Trinajstić information content (AvgIpc) is 3.08. The Balaban J connectivity index is 1.72. The van der Waals surface area contributed by atoms with Gasteiger partial charge in [0, 0.05) is 10.6 Å². The number of methoxy groups -OCH3 is 1. The molecule has 2 aromatic carbocycles. The quantitative estimate of drug-likeness (QED) is 0.650. The Morgan fingerprint density at radius 2 is 1.78 bits per heavy atom. The molecule has 27 heavy (non-hydrogen) atoms. The molecule has 0 radical (unpaired) electrons. The normalized spacial score (nSPS) is 10.3. The van der Waals surface area contributed by atoms with Crippen LogP contribution in [-0.4, -0.2) is 23.9 Å². The minimum atomic E-state index is -0.534. The van der Waals surface area contributed by atoms with Crippen LogP contribution >= 0.6 is 22.9 Å². The van der Waals surface area contributed by atoms with Crippen molar-refractivity contribution in [3.63, 3.8) is 0 Å². The molecule has 0 aliphatic carbocycles. The van der Waals surface area contributed by atoms with Crippen LogP contribution in [0.3, 0.4) is 0 Å². The number of carbonyl (C=O) groups excluding carboxylic acids is 2. The molecule has 2 N–H and O–H groups in total. The first-order valence-corrected chi connectivity index (χ1v) is 9.16. The van der Waals surface area contributed by atoms with E-state index in [0.717, 1.165) is 10.6 Å². The van der Waals surface area contributed by atoms with Gasteiger partial charge in [-0.05, 0) is 25.1 Å². The number of halogens is 1. The van der Waals surface area contributed by atoms with Crippen molar-refractivity contribution in [2.24, 2.45) is 0 Å². The van der Waals surface area contributed by atoms with Crippen LogP contribution in [0.15, 0.2) is 48.5 Å². The first kappa shape index (κ1) is 18.9. The fourth-order valence-electron chi connectivity index (χ4n) is 2.41. The molecule has 0 aliphatic rings. The highest BCUT2D eigenvalue weighted by atomic mass is 35.5. The van der Waals surface area contributed by atoms with Gasteiger partial charge >= 0.3 is 0 Å². The van der Waals surface area contributed by atoms with E-state index >= 15 is 0 Å². The molecule has 8 heteroatoms. The summed E-state index contributed by atoms with van der Waals surface area (Å²) in [7, 11) is 1.45. The molecule has 0 saturated heterocycles. The van der Waals surface area contributed by atoms with Gasteiger partial charge in [0.05, 0.1) is 18.4 Å². The molecule has 3 rings (SSSR count). The van der Waals surface area contributed by atoms with Gasteiger partial charge < -0.3 is 4.74 Å². The second kappa shape index (κ2) is 8.20. The molecule has 1 heterocycles. The van der Waals surface area contributed by atoms with E-state index in [2.05, 4.69) is 15.8 Å². The van der Waals surface area contributed by atoms with E-state index in [1.165, 1.54) is 24.5 Å². The van der Waals surface area contributed by atoms with Gasteiger partial charge in [-0.3, -0.25) is 20.4 Å². The molecule has 0 atom stereocenters. The highest BCUT2D eigenvalue weighted by Crippen LogP contribution is 2.27. The Kier molecular flexibility index (Phi) is 5.73. The van der Waals surface area contributed by atoms with Crippen molar-refractivity contribution < 1.29 is 14.3 Å². The number of ether oxygens (including phenoxy) is 1. The third kappa shape index (κ3) is 4.27. The molecular weight excluding hydrogens is 386 g/mol. The zero-order chi connectivity index (χ0) is 19.4. The first-order chi connectivity index (χ1) is 13.0. The predicted molar refractivity (Wildman–Crippen MR) is 105 cm³/mol. The van der Waals surface area contributed by atoms with Crippen molar-refractivity contribution in [3.8, 4) is 16.3 Å². The third-order valence-corrected chi connectivity index (χ3v) is 5.16. The lowest BCUT2D eigenvalue weighted by Gasteiger charge is -2.10. The third-order valence-electron chi connectivity index (χ3n) is 3.72. The standard InChI is InChI=1S/C19H16ClN3O3S/c1-11-16(27-19(21-11)12-6-4-3-5-7-12)18(25)23-22-17(24)14-10-13(20)8-9-15(14)26-2/h3-10H,1-2H3,(H,22,24)(H,23,25). The minimum absolute atomic E-state index is 0.219. The second-order valence-electron chi connectivity index (χ2n) is 5.55. The Hall–Kier alpha value is -2.90. The maximum absolute atomic E-state index is 12.5. The number of hydrazine groups is 1. The summed E-state index contributed by atoms with van der Waals surface area (Å²) in [6.45, 7) is 1.75. The van der Waals surface area contributed by atoms with Gasteiger partial charge in [-0.1, -0.05) is 41.9 Å². The molecule has 3 aromatic rings. The molecule has 1 aromatic heterocycles. The van der Waals surface area contributed by atoms with Crippen LogP contribution in [0.2, 0.25) is 5.02 Å². The molecular formula is C19H16ClN3O3S. The highest BCUT2D eigenvalue weighted by Gasteiger charge is 2.18. The maximum Gasteiger partial charge on any atom is 0.281 e. The monoisotopic (exact) mass is 401 g/mol. The number of hydrogen-bond acceptors (Lipinski definition) is 5. The van der Waals surface area contributed by atoms with Gasteiger partial charge in [0.25, 0.3) is 11.8 Å². The number of thiazole rings is 1. The van der Waals surface area contributed by atoms with Gasteiger partial charge in [-0.25, -0.2) is 4.98 Å². The van der Waals surface area contributed by atoms with E-state index in [1.807, 2.05) is 30.3 Å². The fourth-order valence-corrected chi connectivity index (χ4v) is 3.55. The summed E-state index contributed by atoms with van der Waals surface area (Å²) in [5.41, 5.74) is 6.52. The zero-order valence-electron chi connectivity index (χ0n) is 14.6. The summed E-state index contributed by atoms with van der Waals surface area (Å²) in [6, 6.07) is 14.2. The van der Waals surface area contributed by atoms with Gasteiger partial charge in [0.15, 0.2) is 0 Å². The minimum Gasteiger partial charge on any atom is -0.496 e. The number of aromatic nitrogens is 1. The summed E-state index contributed by atoms with van der Waals surface area (Å²) >= 11 is 7.19. The Labute approximate surface area is 165 Å². The van der Waals surface area contributed by atoms with E-state index in [0.29, 0.717) is 21.3 Å². The second-order valence-corrected chi connectivity index (χ2v) is 6.99. The molecule has 6 nitrogen and oxygen atoms in total. The van der Waals surface area contributed by atoms with Crippen LogP contribution in [0.4, 0.5) is 0 Å². The number of rotatable bonds is 4. The number of nitrogens with one attached hydrogen (secondary N) is 2. The summed E-state index contributed by atoms with van der Waals surface area (Å²) < 4.78 is 5.14. The van der Waals surface area contributed by atoms with Gasteiger partial charge in [0.1, 0.15) is 15.6 Å². The van der Waals surface area contributed by atoms with Crippen molar-refractivity contribution in [2.45, 2.75) is 6.92 Å². The van der Waals surface area contributed by atoms with E-state index in [1.54, 1.807) is 19.1 Å². The highest BCUT2D eigenvalue weighted by molar-refractivity contribution is 7.17. The topological polar surface area (TPSA) is 80.3 Å². The number of carbonyl (C=O) groups is 2. The smallest absolute Gasteiger partial charge is 0.281 e. The lowest BCUT2D eigenvalue weighted by Crippen LogP contribution is -2.41. The van der Waals surface area contributed by atoms with Crippen LogP contribution < -0.4 is 15.6 Å². The number of nitrogens with zero attached hydrogens (tertiary/aromatic N) is 1. The summed E-state index contributed by atoms with van der Waals surface area (Å²) in [5, 5.41) is 1.12. The van der Waals surface area contributed by atoms with Crippen molar-refractivity contribution in [1.29, 1.82) is 0 Å². The number of amides is 2. The van der Waals surface area contributed by atoms with Crippen molar-refractivity contribution >= 4 is 34.8 Å². The van der Waals surface area contributed by atoms with E-state index in [4.69, 9.17) is 16.3 Å². The maximum atomic E-state index is 12.5. The molecule has 2 amide bonds. The predicted octanol–water partition coefficient (Wildman–Crippen LogP) is 3.86. The fraction of sp³-hybridized carbons (Fsp3) is 0.105. The lowest BCUT2D eigenvalue weighted by molar-refractivity contribution is 0.0846. The lowest BCUT2D eigenvalue weighted by atomic mass is 10.2. The van der Waals surface area contributed by atoms with E-state index < -0.39 is 11.8 Å². The molecule has 0 bridgehead atoms. The Morgan fingerprint density at radius 1 is 1.07 bits per heavy atom. The van der Waals surface area contributed by atoms with Crippen LogP contribution in [0.1, 0.15) is 25.7 Å².